The van der Waals surface area contributed by atoms with Crippen LogP contribution in [0.15, 0.2) is 41.2 Å². The number of alkyl halides is 1. The van der Waals surface area contributed by atoms with Gasteiger partial charge in [0.25, 0.3) is 0 Å². The summed E-state index contributed by atoms with van der Waals surface area (Å²) < 4.78 is 4.55. The summed E-state index contributed by atoms with van der Waals surface area (Å²) in [5, 5.41) is 5.48. The summed E-state index contributed by atoms with van der Waals surface area (Å²) in [6.45, 7) is 0.200. The highest BCUT2D eigenvalue weighted by Crippen LogP contribution is 2.19. The zero-order valence-electron chi connectivity index (χ0n) is 8.84. The number of carbonyl (C=O) groups is 1. The number of carbonyl (C=O) groups excluding carboxylic acids is 1. The third-order valence-electron chi connectivity index (χ3n) is 2.15. The molecule has 0 bridgehead atoms. The molecule has 1 N–H and O–H groups in total. The summed E-state index contributed by atoms with van der Waals surface area (Å²) >= 11 is 6.02. The van der Waals surface area contributed by atoms with Gasteiger partial charge in [-0.1, -0.05) is 35.5 Å². The minimum Gasteiger partial charge on any atom is -0.347 e. The van der Waals surface area contributed by atoms with Crippen molar-refractivity contribution in [2.45, 2.75) is 11.9 Å². The van der Waals surface area contributed by atoms with Gasteiger partial charge in [0.05, 0.1) is 6.54 Å². The van der Waals surface area contributed by atoms with Gasteiger partial charge in [-0.15, -0.1) is 11.6 Å². The van der Waals surface area contributed by atoms with Crippen LogP contribution in [-0.2, 0) is 11.3 Å². The molecule has 0 saturated heterocycles. The molecule has 1 aromatic carbocycles. The SMILES string of the molecule is O=C(NCc1ncon1)C(Cl)c1ccccc1. The van der Waals surface area contributed by atoms with Crippen molar-refractivity contribution in [3.05, 3.63) is 48.1 Å². The second-order valence-corrected chi connectivity index (χ2v) is 3.77. The summed E-state index contributed by atoms with van der Waals surface area (Å²) in [6, 6.07) is 9.12. The van der Waals surface area contributed by atoms with Gasteiger partial charge in [0, 0.05) is 0 Å². The van der Waals surface area contributed by atoms with Crippen LogP contribution in [-0.4, -0.2) is 16.0 Å². The van der Waals surface area contributed by atoms with Gasteiger partial charge < -0.3 is 9.84 Å². The van der Waals surface area contributed by atoms with Crippen molar-refractivity contribution in [2.75, 3.05) is 0 Å². The molecule has 1 atom stereocenters. The molecule has 17 heavy (non-hydrogen) atoms. The Bertz CT molecular complexity index is 473. The fraction of sp³-hybridized carbons (Fsp3) is 0.182. The van der Waals surface area contributed by atoms with E-state index in [9.17, 15) is 4.79 Å². The van der Waals surface area contributed by atoms with Gasteiger partial charge in [-0.2, -0.15) is 4.98 Å². The number of benzene rings is 1. The number of amides is 1. The third-order valence-corrected chi connectivity index (χ3v) is 2.60. The smallest absolute Gasteiger partial charge is 0.242 e. The van der Waals surface area contributed by atoms with Crippen LogP contribution < -0.4 is 5.32 Å². The molecular weight excluding hydrogens is 242 g/mol. The number of nitrogens with one attached hydrogen (secondary N) is 1. The van der Waals surface area contributed by atoms with Crippen LogP contribution in [0.2, 0.25) is 0 Å². The highest BCUT2D eigenvalue weighted by atomic mass is 35.5. The molecule has 88 valence electrons. The van der Waals surface area contributed by atoms with Crippen LogP contribution in [0.3, 0.4) is 0 Å². The van der Waals surface area contributed by atoms with Crippen molar-refractivity contribution in [3.8, 4) is 0 Å². The normalized spacial score (nSPS) is 12.1. The third kappa shape index (κ3) is 3.04. The molecule has 0 spiro atoms. The molecule has 0 aliphatic heterocycles. The lowest BCUT2D eigenvalue weighted by molar-refractivity contribution is -0.121. The average Bonchev–Trinajstić information content (AvgIpc) is 2.89. The molecule has 1 amide bonds. The summed E-state index contributed by atoms with van der Waals surface area (Å²) in [7, 11) is 0. The van der Waals surface area contributed by atoms with Crippen LogP contribution in [0.5, 0.6) is 0 Å². The van der Waals surface area contributed by atoms with Gasteiger partial charge >= 0.3 is 0 Å². The molecule has 0 aliphatic carbocycles. The molecule has 2 rings (SSSR count). The molecule has 1 heterocycles. The zero-order chi connectivity index (χ0) is 12.1. The Morgan fingerprint density at radius 3 is 2.82 bits per heavy atom. The first-order valence-electron chi connectivity index (χ1n) is 4.99. The maximum atomic E-state index is 11.7. The lowest BCUT2D eigenvalue weighted by atomic mass is 10.1. The fourth-order valence-corrected chi connectivity index (χ4v) is 1.52. The topological polar surface area (TPSA) is 68.0 Å². The van der Waals surface area contributed by atoms with Crippen LogP contribution in [0.4, 0.5) is 0 Å². The summed E-state index contributed by atoms with van der Waals surface area (Å²) in [5.41, 5.74) is 0.750. The van der Waals surface area contributed by atoms with Crippen molar-refractivity contribution < 1.29 is 9.32 Å². The largest absolute Gasteiger partial charge is 0.347 e. The lowest BCUT2D eigenvalue weighted by Crippen LogP contribution is -2.26. The maximum absolute atomic E-state index is 11.7. The molecule has 0 aliphatic rings. The molecule has 1 unspecified atom stereocenters. The second kappa shape index (κ2) is 5.45. The highest BCUT2D eigenvalue weighted by molar-refractivity contribution is 6.30. The Balaban J connectivity index is 1.92. The van der Waals surface area contributed by atoms with E-state index in [0.717, 1.165) is 5.56 Å². The van der Waals surface area contributed by atoms with E-state index in [-0.39, 0.29) is 12.5 Å². The van der Waals surface area contributed by atoms with Gasteiger partial charge in [0.2, 0.25) is 12.3 Å². The summed E-state index contributed by atoms with van der Waals surface area (Å²) in [6.07, 6.45) is 1.21. The molecule has 0 saturated carbocycles. The highest BCUT2D eigenvalue weighted by Gasteiger charge is 2.17. The molecular formula is C11H10ClN3O2. The monoisotopic (exact) mass is 251 g/mol. The van der Waals surface area contributed by atoms with E-state index in [0.29, 0.717) is 5.82 Å². The molecule has 0 fully saturated rings. The number of aromatic nitrogens is 2. The predicted octanol–water partition coefficient (Wildman–Crippen LogP) is 1.67. The predicted molar refractivity (Wildman–Crippen MR) is 61.2 cm³/mol. The average molecular weight is 252 g/mol. The minimum atomic E-state index is -0.719. The molecule has 1 aromatic heterocycles. The Hall–Kier alpha value is -1.88. The number of halogens is 1. The van der Waals surface area contributed by atoms with Crippen molar-refractivity contribution >= 4 is 17.5 Å². The first-order valence-corrected chi connectivity index (χ1v) is 5.43. The molecule has 6 heteroatoms. The lowest BCUT2D eigenvalue weighted by Gasteiger charge is -2.09. The van der Waals surface area contributed by atoms with E-state index in [4.69, 9.17) is 11.6 Å². The Labute approximate surface area is 103 Å². The van der Waals surface area contributed by atoms with E-state index in [1.165, 1.54) is 6.39 Å². The van der Waals surface area contributed by atoms with E-state index >= 15 is 0 Å². The quantitative estimate of drug-likeness (QED) is 0.840. The van der Waals surface area contributed by atoms with E-state index in [1.54, 1.807) is 12.1 Å². The zero-order valence-corrected chi connectivity index (χ0v) is 9.59. The van der Waals surface area contributed by atoms with E-state index < -0.39 is 5.38 Å². The Morgan fingerprint density at radius 2 is 2.18 bits per heavy atom. The van der Waals surface area contributed by atoms with E-state index in [1.807, 2.05) is 18.2 Å². The van der Waals surface area contributed by atoms with Crippen LogP contribution in [0, 0.1) is 0 Å². The van der Waals surface area contributed by atoms with Gasteiger partial charge in [0.1, 0.15) is 5.38 Å². The summed E-state index contributed by atoms with van der Waals surface area (Å²) in [4.78, 5) is 15.5. The second-order valence-electron chi connectivity index (χ2n) is 3.34. The Kier molecular flexibility index (Phi) is 3.72. The van der Waals surface area contributed by atoms with Gasteiger partial charge in [-0.05, 0) is 5.56 Å². The molecule has 5 nitrogen and oxygen atoms in total. The number of nitrogens with zero attached hydrogens (tertiary/aromatic N) is 2. The maximum Gasteiger partial charge on any atom is 0.242 e. The fourth-order valence-electron chi connectivity index (χ4n) is 1.30. The first-order chi connectivity index (χ1) is 8.27. The van der Waals surface area contributed by atoms with E-state index in [2.05, 4.69) is 20.0 Å². The molecule has 0 radical (unpaired) electrons. The van der Waals surface area contributed by atoms with Gasteiger partial charge in [0.15, 0.2) is 5.82 Å². The number of hydrogen-bond donors (Lipinski definition) is 1. The number of rotatable bonds is 4. The van der Waals surface area contributed by atoms with Gasteiger partial charge in [-0.25, -0.2) is 0 Å². The molecule has 2 aromatic rings. The summed E-state index contributed by atoms with van der Waals surface area (Å²) in [5.74, 6) is 0.123. The van der Waals surface area contributed by atoms with Crippen LogP contribution in [0.25, 0.3) is 0 Å². The van der Waals surface area contributed by atoms with Gasteiger partial charge in [-0.3, -0.25) is 4.79 Å². The standard InChI is InChI=1S/C11H10ClN3O2/c12-10(8-4-2-1-3-5-8)11(16)13-6-9-14-7-17-15-9/h1-5,7,10H,6H2,(H,13,16). The van der Waals surface area contributed by atoms with Crippen LogP contribution in [0.1, 0.15) is 16.8 Å². The van der Waals surface area contributed by atoms with Crippen molar-refractivity contribution in [1.82, 2.24) is 15.5 Å². The Morgan fingerprint density at radius 1 is 1.41 bits per heavy atom. The van der Waals surface area contributed by atoms with Crippen molar-refractivity contribution in [2.24, 2.45) is 0 Å². The number of hydrogen-bond acceptors (Lipinski definition) is 4. The van der Waals surface area contributed by atoms with Crippen molar-refractivity contribution in [3.63, 3.8) is 0 Å². The first kappa shape index (κ1) is 11.6. The van der Waals surface area contributed by atoms with Crippen molar-refractivity contribution in [1.29, 1.82) is 0 Å². The minimum absolute atomic E-state index is 0.200. The van der Waals surface area contributed by atoms with Crippen LogP contribution >= 0.6 is 11.6 Å².